The molecule has 104 valence electrons. The Morgan fingerprint density at radius 2 is 1.50 bits per heavy atom. The highest BCUT2D eigenvalue weighted by Crippen LogP contribution is 2.28. The van der Waals surface area contributed by atoms with E-state index in [-0.39, 0.29) is 11.7 Å². The second-order valence-electron chi connectivity index (χ2n) is 5.44. The van der Waals surface area contributed by atoms with Crippen molar-refractivity contribution in [3.05, 3.63) is 71.8 Å². The number of carbonyl (C=O) groups excluding carboxylic acids is 1. The van der Waals surface area contributed by atoms with E-state index in [1.165, 1.54) is 0 Å². The van der Waals surface area contributed by atoms with E-state index >= 15 is 0 Å². The Kier molecular flexibility index (Phi) is 5.11. The SMILES string of the molecule is CCC(C)CC(C(=O)c1ccccc1)c1ccccc1. The highest BCUT2D eigenvalue weighted by molar-refractivity contribution is 6.00. The third kappa shape index (κ3) is 3.57. The molecule has 0 aliphatic carbocycles. The van der Waals surface area contributed by atoms with Crippen molar-refractivity contribution in [1.82, 2.24) is 0 Å². The third-order valence-electron chi connectivity index (χ3n) is 3.91. The smallest absolute Gasteiger partial charge is 0.170 e. The van der Waals surface area contributed by atoms with E-state index in [9.17, 15) is 4.79 Å². The fraction of sp³-hybridized carbons (Fsp3) is 0.316. The van der Waals surface area contributed by atoms with Crippen molar-refractivity contribution in [3.63, 3.8) is 0 Å². The Morgan fingerprint density at radius 3 is 2.05 bits per heavy atom. The minimum atomic E-state index is -0.0338. The number of hydrogen-bond acceptors (Lipinski definition) is 1. The average Bonchev–Trinajstić information content (AvgIpc) is 2.53. The summed E-state index contributed by atoms with van der Waals surface area (Å²) in [4.78, 5) is 12.8. The molecular formula is C19H22O. The Morgan fingerprint density at radius 1 is 0.950 bits per heavy atom. The molecule has 2 aromatic carbocycles. The van der Waals surface area contributed by atoms with Crippen LogP contribution in [0.2, 0.25) is 0 Å². The molecule has 2 aromatic rings. The molecule has 0 aromatic heterocycles. The molecule has 0 amide bonds. The van der Waals surface area contributed by atoms with Gasteiger partial charge >= 0.3 is 0 Å². The Labute approximate surface area is 121 Å². The summed E-state index contributed by atoms with van der Waals surface area (Å²) in [5, 5.41) is 0. The first-order chi connectivity index (χ1) is 9.72. The summed E-state index contributed by atoms with van der Waals surface area (Å²) in [6.07, 6.45) is 2.01. The number of benzene rings is 2. The van der Waals surface area contributed by atoms with Crippen LogP contribution in [0.25, 0.3) is 0 Å². The molecule has 20 heavy (non-hydrogen) atoms. The molecule has 2 rings (SSSR count). The van der Waals surface area contributed by atoms with Gasteiger partial charge in [-0.2, -0.15) is 0 Å². The maximum atomic E-state index is 12.8. The van der Waals surface area contributed by atoms with Crippen molar-refractivity contribution < 1.29 is 4.79 Å². The van der Waals surface area contributed by atoms with E-state index in [4.69, 9.17) is 0 Å². The van der Waals surface area contributed by atoms with Gasteiger partial charge in [0.05, 0.1) is 0 Å². The van der Waals surface area contributed by atoms with Crippen molar-refractivity contribution in [2.24, 2.45) is 5.92 Å². The molecule has 0 spiro atoms. The number of Topliss-reactive ketones (excluding diaryl/α,β-unsaturated/α-hetero) is 1. The van der Waals surface area contributed by atoms with Crippen LogP contribution < -0.4 is 0 Å². The molecule has 0 heterocycles. The van der Waals surface area contributed by atoms with Crippen LogP contribution in [0.4, 0.5) is 0 Å². The summed E-state index contributed by atoms with van der Waals surface area (Å²) >= 11 is 0. The van der Waals surface area contributed by atoms with Crippen LogP contribution in [0, 0.1) is 5.92 Å². The number of hydrogen-bond donors (Lipinski definition) is 0. The number of rotatable bonds is 6. The largest absolute Gasteiger partial charge is 0.293 e. The van der Waals surface area contributed by atoms with Crippen LogP contribution in [0.5, 0.6) is 0 Å². The summed E-state index contributed by atoms with van der Waals surface area (Å²) in [6.45, 7) is 4.40. The van der Waals surface area contributed by atoms with Crippen LogP contribution in [0.1, 0.15) is 48.5 Å². The molecule has 1 heteroatoms. The fourth-order valence-electron chi connectivity index (χ4n) is 2.45. The van der Waals surface area contributed by atoms with Gasteiger partial charge in [0.2, 0.25) is 0 Å². The van der Waals surface area contributed by atoms with Gasteiger partial charge in [-0.1, -0.05) is 80.9 Å². The van der Waals surface area contributed by atoms with Crippen LogP contribution in [0.3, 0.4) is 0 Å². The van der Waals surface area contributed by atoms with Gasteiger partial charge in [-0.25, -0.2) is 0 Å². The zero-order valence-corrected chi connectivity index (χ0v) is 12.3. The zero-order chi connectivity index (χ0) is 14.4. The maximum absolute atomic E-state index is 12.8. The molecule has 2 unspecified atom stereocenters. The van der Waals surface area contributed by atoms with Crippen molar-refractivity contribution in [2.75, 3.05) is 0 Å². The summed E-state index contributed by atoms with van der Waals surface area (Å²) in [5.74, 6) is 0.749. The second kappa shape index (κ2) is 7.04. The lowest BCUT2D eigenvalue weighted by Crippen LogP contribution is -2.16. The van der Waals surface area contributed by atoms with Gasteiger partial charge in [0.15, 0.2) is 5.78 Å². The number of ketones is 1. The molecule has 0 aliphatic heterocycles. The van der Waals surface area contributed by atoms with E-state index in [1.54, 1.807) is 0 Å². The molecule has 0 saturated carbocycles. The van der Waals surface area contributed by atoms with Gasteiger partial charge in [0.25, 0.3) is 0 Å². The monoisotopic (exact) mass is 266 g/mol. The van der Waals surface area contributed by atoms with Crippen molar-refractivity contribution in [1.29, 1.82) is 0 Å². The van der Waals surface area contributed by atoms with E-state index in [0.29, 0.717) is 5.92 Å². The first-order valence-corrected chi connectivity index (χ1v) is 7.36. The van der Waals surface area contributed by atoms with Crippen molar-refractivity contribution >= 4 is 5.78 Å². The van der Waals surface area contributed by atoms with Crippen LogP contribution in [0.15, 0.2) is 60.7 Å². The first-order valence-electron chi connectivity index (χ1n) is 7.36. The van der Waals surface area contributed by atoms with Gasteiger partial charge in [0.1, 0.15) is 0 Å². The molecule has 1 nitrogen and oxygen atoms in total. The number of carbonyl (C=O) groups is 1. The van der Waals surface area contributed by atoms with Gasteiger partial charge in [-0.3, -0.25) is 4.79 Å². The highest BCUT2D eigenvalue weighted by atomic mass is 16.1. The van der Waals surface area contributed by atoms with Crippen molar-refractivity contribution in [2.45, 2.75) is 32.6 Å². The molecule has 0 aliphatic rings. The quantitative estimate of drug-likeness (QED) is 0.666. The predicted octanol–water partition coefficient (Wildman–Crippen LogP) is 5.09. The minimum absolute atomic E-state index is 0.0338. The van der Waals surface area contributed by atoms with E-state index in [1.807, 2.05) is 48.5 Å². The van der Waals surface area contributed by atoms with Crippen LogP contribution in [-0.4, -0.2) is 5.78 Å². The third-order valence-corrected chi connectivity index (χ3v) is 3.91. The summed E-state index contributed by atoms with van der Waals surface area (Å²) in [7, 11) is 0. The fourth-order valence-corrected chi connectivity index (χ4v) is 2.45. The predicted molar refractivity (Wildman–Crippen MR) is 84.0 cm³/mol. The standard InChI is InChI=1S/C19H22O/c1-3-15(2)14-18(16-10-6-4-7-11-16)19(20)17-12-8-5-9-13-17/h4-13,15,18H,3,14H2,1-2H3. The van der Waals surface area contributed by atoms with Crippen LogP contribution in [-0.2, 0) is 0 Å². The van der Waals surface area contributed by atoms with E-state index in [2.05, 4.69) is 26.0 Å². The molecule has 0 bridgehead atoms. The topological polar surface area (TPSA) is 17.1 Å². The lowest BCUT2D eigenvalue weighted by Gasteiger charge is -2.20. The Bertz CT molecular complexity index is 530. The molecule has 2 atom stereocenters. The minimum Gasteiger partial charge on any atom is -0.293 e. The Balaban J connectivity index is 2.29. The molecular weight excluding hydrogens is 244 g/mol. The average molecular weight is 266 g/mol. The molecule has 0 saturated heterocycles. The van der Waals surface area contributed by atoms with Crippen molar-refractivity contribution in [3.8, 4) is 0 Å². The maximum Gasteiger partial charge on any atom is 0.170 e. The van der Waals surface area contributed by atoms with Gasteiger partial charge < -0.3 is 0 Å². The normalized spacial score (nSPS) is 13.7. The zero-order valence-electron chi connectivity index (χ0n) is 12.3. The second-order valence-corrected chi connectivity index (χ2v) is 5.44. The molecule has 0 N–H and O–H groups in total. The summed E-state index contributed by atoms with van der Waals surface area (Å²) in [6, 6.07) is 19.8. The van der Waals surface area contributed by atoms with Crippen LogP contribution >= 0.6 is 0 Å². The van der Waals surface area contributed by atoms with Gasteiger partial charge in [-0.05, 0) is 17.9 Å². The molecule has 0 fully saturated rings. The lowest BCUT2D eigenvalue weighted by molar-refractivity contribution is 0.0947. The van der Waals surface area contributed by atoms with Gasteiger partial charge in [0, 0.05) is 11.5 Å². The Hall–Kier alpha value is -1.89. The van der Waals surface area contributed by atoms with E-state index in [0.717, 1.165) is 24.0 Å². The summed E-state index contributed by atoms with van der Waals surface area (Å²) in [5.41, 5.74) is 1.94. The highest BCUT2D eigenvalue weighted by Gasteiger charge is 2.23. The van der Waals surface area contributed by atoms with E-state index < -0.39 is 0 Å². The van der Waals surface area contributed by atoms with Gasteiger partial charge in [-0.15, -0.1) is 0 Å². The lowest BCUT2D eigenvalue weighted by atomic mass is 9.83. The first kappa shape index (κ1) is 14.5. The molecule has 0 radical (unpaired) electrons. The summed E-state index contributed by atoms with van der Waals surface area (Å²) < 4.78 is 0.